The van der Waals surface area contributed by atoms with Crippen molar-refractivity contribution in [2.24, 2.45) is 0 Å². The summed E-state index contributed by atoms with van der Waals surface area (Å²) < 4.78 is 44.7. The van der Waals surface area contributed by atoms with E-state index >= 15 is 0 Å². The predicted molar refractivity (Wildman–Crippen MR) is 237 cm³/mol. The highest BCUT2D eigenvalue weighted by Crippen LogP contribution is 2.45. The molecule has 1 heterocycles. The highest BCUT2D eigenvalue weighted by atomic mass is 16.3. The molecule has 1 aromatic heterocycles. The second-order valence-electron chi connectivity index (χ2n) is 14.2. The molecule has 0 unspecified atom stereocenters. The van der Waals surface area contributed by atoms with Gasteiger partial charge in [0.2, 0.25) is 0 Å². The molecule has 0 spiro atoms. The van der Waals surface area contributed by atoms with E-state index in [1.807, 2.05) is 102 Å². The summed E-state index contributed by atoms with van der Waals surface area (Å²) in [4.78, 5) is 1.87. The summed E-state index contributed by atoms with van der Waals surface area (Å²) in [5, 5.41) is 8.19. The van der Waals surface area contributed by atoms with Crippen molar-refractivity contribution in [1.29, 1.82) is 0 Å². The topological polar surface area (TPSA) is 16.4 Å². The Balaban J connectivity index is 1.07. The zero-order valence-electron chi connectivity index (χ0n) is 34.3. The SMILES string of the molecule is [2H]c1c([2H])c(N(c2ccc(-c3ccc(-c4ccc5ccccc5c4)cc3)cc2)c2cccc3oc4c5ccccc5ccc4c23)c([2H])c([2H])c1-c1ccc2ccccc2c1. The maximum atomic E-state index is 9.61. The third kappa shape index (κ3) is 5.51. The lowest BCUT2D eigenvalue weighted by atomic mass is 9.98. The zero-order chi connectivity index (χ0) is 40.5. The Morgan fingerprint density at radius 3 is 1.54 bits per heavy atom. The van der Waals surface area contributed by atoms with Gasteiger partial charge in [-0.25, -0.2) is 0 Å². The van der Waals surface area contributed by atoms with Crippen molar-refractivity contribution in [2.45, 2.75) is 0 Å². The molecule has 0 aliphatic rings. The molecule has 0 aliphatic heterocycles. The van der Waals surface area contributed by atoms with Gasteiger partial charge < -0.3 is 9.32 Å². The number of furan rings is 1. The van der Waals surface area contributed by atoms with Crippen LogP contribution >= 0.6 is 0 Å². The van der Waals surface area contributed by atoms with Gasteiger partial charge in [-0.1, -0.05) is 158 Å². The van der Waals surface area contributed by atoms with Gasteiger partial charge in [-0.3, -0.25) is 0 Å². The summed E-state index contributed by atoms with van der Waals surface area (Å²) in [5.74, 6) is 0. The summed E-state index contributed by atoms with van der Waals surface area (Å²) in [7, 11) is 0. The van der Waals surface area contributed by atoms with Gasteiger partial charge >= 0.3 is 0 Å². The van der Waals surface area contributed by atoms with Crippen LogP contribution in [-0.2, 0) is 0 Å². The predicted octanol–water partition coefficient (Wildman–Crippen LogP) is 15.5. The summed E-state index contributed by atoms with van der Waals surface area (Å²) in [5.41, 5.74) is 8.20. The van der Waals surface area contributed by atoms with E-state index in [-0.39, 0.29) is 35.4 Å². The van der Waals surface area contributed by atoms with E-state index in [0.717, 1.165) is 60.2 Å². The van der Waals surface area contributed by atoms with Crippen LogP contribution in [0.5, 0.6) is 0 Å². The van der Waals surface area contributed by atoms with Gasteiger partial charge in [0, 0.05) is 22.1 Å². The van der Waals surface area contributed by atoms with Gasteiger partial charge in [0.15, 0.2) is 0 Å². The number of nitrogens with zero attached hydrogens (tertiary/aromatic N) is 1. The van der Waals surface area contributed by atoms with Gasteiger partial charge in [-0.05, 0) is 115 Å². The number of benzene rings is 10. The van der Waals surface area contributed by atoms with Gasteiger partial charge in [-0.2, -0.15) is 0 Å². The summed E-state index contributed by atoms with van der Waals surface area (Å²) in [6.07, 6.45) is 0. The molecular formula is C54H35NO. The van der Waals surface area contributed by atoms with Crippen LogP contribution in [0, 0.1) is 0 Å². The molecule has 0 fully saturated rings. The van der Waals surface area contributed by atoms with Gasteiger partial charge in [-0.15, -0.1) is 0 Å². The highest BCUT2D eigenvalue weighted by Gasteiger charge is 2.20. The van der Waals surface area contributed by atoms with Crippen molar-refractivity contribution in [3.63, 3.8) is 0 Å². The molecule has 0 saturated heterocycles. The average Bonchev–Trinajstić information content (AvgIpc) is 3.70. The van der Waals surface area contributed by atoms with Crippen LogP contribution in [0.2, 0.25) is 0 Å². The Labute approximate surface area is 330 Å². The number of rotatable bonds is 6. The smallest absolute Gasteiger partial charge is 0.143 e. The fourth-order valence-corrected chi connectivity index (χ4v) is 8.04. The number of anilines is 3. The van der Waals surface area contributed by atoms with Crippen LogP contribution in [0.1, 0.15) is 5.48 Å². The molecule has 2 heteroatoms. The van der Waals surface area contributed by atoms with Gasteiger partial charge in [0.05, 0.1) is 16.6 Å². The van der Waals surface area contributed by atoms with Crippen LogP contribution in [-0.4, -0.2) is 0 Å². The Bertz CT molecular complexity index is 3450. The monoisotopic (exact) mass is 717 g/mol. The Hall–Kier alpha value is -7.42. The van der Waals surface area contributed by atoms with E-state index in [2.05, 4.69) is 91.0 Å². The lowest BCUT2D eigenvalue weighted by molar-refractivity contribution is 0.672. The molecule has 11 aromatic rings. The van der Waals surface area contributed by atoms with E-state index in [9.17, 15) is 5.48 Å². The maximum absolute atomic E-state index is 9.61. The van der Waals surface area contributed by atoms with Gasteiger partial charge in [0.1, 0.15) is 11.2 Å². The number of hydrogen-bond acceptors (Lipinski definition) is 2. The average molecular weight is 718 g/mol. The van der Waals surface area contributed by atoms with Crippen LogP contribution < -0.4 is 4.90 Å². The van der Waals surface area contributed by atoms with Crippen LogP contribution in [0.15, 0.2) is 217 Å². The van der Waals surface area contributed by atoms with E-state index in [1.165, 1.54) is 10.8 Å². The van der Waals surface area contributed by atoms with Gasteiger partial charge in [0.25, 0.3) is 0 Å². The fraction of sp³-hybridized carbons (Fsp3) is 0. The summed E-state index contributed by atoms with van der Waals surface area (Å²) in [6, 6.07) is 62.9. The first-order valence-corrected chi connectivity index (χ1v) is 18.8. The molecular weight excluding hydrogens is 679 g/mol. The highest BCUT2D eigenvalue weighted by molar-refractivity contribution is 6.19. The summed E-state index contributed by atoms with van der Waals surface area (Å²) in [6.45, 7) is 0. The number of hydrogen-bond donors (Lipinski definition) is 0. The molecule has 0 aliphatic carbocycles. The zero-order valence-corrected chi connectivity index (χ0v) is 30.3. The first-order valence-electron chi connectivity index (χ1n) is 20.8. The first kappa shape index (κ1) is 28.1. The fourth-order valence-electron chi connectivity index (χ4n) is 8.04. The minimum atomic E-state index is -0.136. The Morgan fingerprint density at radius 2 is 0.875 bits per heavy atom. The second kappa shape index (κ2) is 13.2. The first-order chi connectivity index (χ1) is 29.4. The summed E-state index contributed by atoms with van der Waals surface area (Å²) >= 11 is 0. The minimum absolute atomic E-state index is 0.107. The lowest BCUT2D eigenvalue weighted by Crippen LogP contribution is -2.10. The molecule has 0 radical (unpaired) electrons. The standard InChI is InChI=1S/C54H35NO/c1-3-11-43-34-45(22-20-36(43)8-1)40-18-16-38(17-19-40)39-24-29-47(30-25-39)55(48-31-26-41(27-32-48)46-23-21-37-9-2-4-12-44(37)35-46)51-14-7-15-52-53(51)50-33-28-42-10-5-6-13-49(42)54(50)56-52/h1-35H/i26D,27D,31D,32D. The van der Waals surface area contributed by atoms with Crippen molar-refractivity contribution >= 4 is 71.3 Å². The van der Waals surface area contributed by atoms with Crippen molar-refractivity contribution < 1.29 is 9.90 Å². The second-order valence-corrected chi connectivity index (χ2v) is 14.2. The van der Waals surface area contributed by atoms with Crippen LogP contribution in [0.4, 0.5) is 17.1 Å². The normalized spacial score (nSPS) is 12.6. The largest absolute Gasteiger partial charge is 0.455 e. The van der Waals surface area contributed by atoms with E-state index in [1.54, 1.807) is 0 Å². The molecule has 56 heavy (non-hydrogen) atoms. The van der Waals surface area contributed by atoms with Crippen LogP contribution in [0.25, 0.3) is 87.6 Å². The minimum Gasteiger partial charge on any atom is -0.455 e. The molecule has 0 amide bonds. The van der Waals surface area contributed by atoms with Crippen molar-refractivity contribution in [1.82, 2.24) is 0 Å². The molecule has 0 saturated carbocycles. The van der Waals surface area contributed by atoms with Crippen molar-refractivity contribution in [2.75, 3.05) is 4.90 Å². The Morgan fingerprint density at radius 1 is 0.357 bits per heavy atom. The van der Waals surface area contributed by atoms with E-state index < -0.39 is 0 Å². The number of fused-ring (bicyclic) bond motifs is 7. The third-order valence-electron chi connectivity index (χ3n) is 10.9. The van der Waals surface area contributed by atoms with E-state index in [4.69, 9.17) is 4.42 Å². The molecule has 262 valence electrons. The van der Waals surface area contributed by atoms with Crippen molar-refractivity contribution in [3.05, 3.63) is 212 Å². The molecule has 0 bridgehead atoms. The maximum Gasteiger partial charge on any atom is 0.143 e. The van der Waals surface area contributed by atoms with Crippen LogP contribution in [0.3, 0.4) is 0 Å². The molecule has 0 atom stereocenters. The quantitative estimate of drug-likeness (QED) is 0.170. The lowest BCUT2D eigenvalue weighted by Gasteiger charge is -2.26. The molecule has 2 nitrogen and oxygen atoms in total. The van der Waals surface area contributed by atoms with Crippen molar-refractivity contribution in [3.8, 4) is 33.4 Å². The molecule has 11 rings (SSSR count). The third-order valence-corrected chi connectivity index (χ3v) is 10.9. The Kier molecular flexibility index (Phi) is 6.60. The van der Waals surface area contributed by atoms with E-state index in [0.29, 0.717) is 22.5 Å². The molecule has 0 N–H and O–H groups in total. The molecule has 10 aromatic carbocycles.